The van der Waals surface area contributed by atoms with Crippen LogP contribution in [-0.4, -0.2) is 39.2 Å². The standard InChI is InChI=1S/C11H16N4O2/c1-14(10-4-2-3-5-10)11(16)13-9-6-7-15(17)12-8-9/h6-8,10,17H,2-5H2,1H3/b13-9-. The van der Waals surface area contributed by atoms with Crippen molar-refractivity contribution in [2.75, 3.05) is 7.05 Å². The lowest BCUT2D eigenvalue weighted by atomic mass is 10.2. The molecule has 0 bridgehead atoms. The quantitative estimate of drug-likeness (QED) is 0.740. The summed E-state index contributed by atoms with van der Waals surface area (Å²) in [6, 6.07) is 1.59. The molecule has 0 aliphatic heterocycles. The maximum Gasteiger partial charge on any atom is 0.344 e. The van der Waals surface area contributed by atoms with Crippen LogP contribution in [0, 0.1) is 0 Å². The summed E-state index contributed by atoms with van der Waals surface area (Å²) in [6.07, 6.45) is 7.16. The van der Waals surface area contributed by atoms with E-state index in [9.17, 15) is 4.79 Å². The van der Waals surface area contributed by atoms with Gasteiger partial charge in [0.2, 0.25) is 0 Å². The summed E-state index contributed by atoms with van der Waals surface area (Å²) in [5.41, 5.74) is 0. The van der Waals surface area contributed by atoms with Crippen LogP contribution in [0.15, 0.2) is 23.5 Å². The molecule has 92 valence electrons. The summed E-state index contributed by atoms with van der Waals surface area (Å²) >= 11 is 0. The summed E-state index contributed by atoms with van der Waals surface area (Å²) in [5, 5.41) is 13.0. The van der Waals surface area contributed by atoms with Gasteiger partial charge in [-0.25, -0.2) is 4.79 Å². The zero-order chi connectivity index (χ0) is 12.3. The van der Waals surface area contributed by atoms with Crippen LogP contribution < -0.4 is 5.36 Å². The Morgan fingerprint density at radius 3 is 2.88 bits per heavy atom. The first-order chi connectivity index (χ1) is 8.16. The Kier molecular flexibility index (Phi) is 3.41. The molecule has 0 unspecified atom stereocenters. The van der Waals surface area contributed by atoms with E-state index in [0.29, 0.717) is 16.2 Å². The minimum absolute atomic E-state index is 0.255. The van der Waals surface area contributed by atoms with Crippen LogP contribution in [0.25, 0.3) is 0 Å². The molecule has 1 aliphatic rings. The second-order valence-electron chi connectivity index (χ2n) is 4.25. The first-order valence-corrected chi connectivity index (χ1v) is 5.72. The molecule has 1 aromatic rings. The Morgan fingerprint density at radius 2 is 2.29 bits per heavy atom. The molecule has 1 saturated carbocycles. The van der Waals surface area contributed by atoms with Crippen molar-refractivity contribution >= 4 is 6.03 Å². The minimum Gasteiger partial charge on any atom is -0.412 e. The molecule has 1 fully saturated rings. The maximum absolute atomic E-state index is 11.8. The van der Waals surface area contributed by atoms with E-state index < -0.39 is 0 Å². The van der Waals surface area contributed by atoms with Crippen LogP contribution >= 0.6 is 0 Å². The van der Waals surface area contributed by atoms with Gasteiger partial charge in [-0.1, -0.05) is 12.8 Å². The first kappa shape index (κ1) is 11.6. The topological polar surface area (TPSA) is 70.7 Å². The average molecular weight is 236 g/mol. The largest absolute Gasteiger partial charge is 0.412 e. The van der Waals surface area contributed by atoms with Gasteiger partial charge in [0.25, 0.3) is 0 Å². The minimum atomic E-state index is -0.255. The van der Waals surface area contributed by atoms with E-state index in [1.54, 1.807) is 11.9 Å². The van der Waals surface area contributed by atoms with E-state index in [0.717, 1.165) is 12.8 Å². The Bertz CT molecular complexity index is 442. The van der Waals surface area contributed by atoms with Gasteiger partial charge < -0.3 is 10.1 Å². The van der Waals surface area contributed by atoms with Crippen LogP contribution in [0.4, 0.5) is 4.79 Å². The van der Waals surface area contributed by atoms with Gasteiger partial charge in [-0.2, -0.15) is 4.99 Å². The van der Waals surface area contributed by atoms with Crippen molar-refractivity contribution < 1.29 is 10.0 Å². The maximum atomic E-state index is 11.8. The highest BCUT2D eigenvalue weighted by Gasteiger charge is 2.22. The summed E-state index contributed by atoms with van der Waals surface area (Å²) in [4.78, 5) is 18.1. The van der Waals surface area contributed by atoms with Crippen molar-refractivity contribution in [3.8, 4) is 0 Å². The average Bonchev–Trinajstić information content (AvgIpc) is 2.84. The highest BCUT2D eigenvalue weighted by molar-refractivity contribution is 5.75. The van der Waals surface area contributed by atoms with Gasteiger partial charge in [0.15, 0.2) is 0 Å². The van der Waals surface area contributed by atoms with Crippen molar-refractivity contribution in [2.45, 2.75) is 31.7 Å². The molecule has 0 spiro atoms. The number of hydrogen-bond acceptors (Lipinski definition) is 3. The molecular formula is C11H16N4O2. The summed E-state index contributed by atoms with van der Waals surface area (Å²) in [6.45, 7) is 0. The smallest absolute Gasteiger partial charge is 0.344 e. The summed E-state index contributed by atoms with van der Waals surface area (Å²) in [7, 11) is 1.78. The van der Waals surface area contributed by atoms with Crippen LogP contribution in [0.1, 0.15) is 25.7 Å². The first-order valence-electron chi connectivity index (χ1n) is 5.72. The molecule has 0 aromatic carbocycles. The monoisotopic (exact) mass is 236 g/mol. The number of hydrogen-bond donors (Lipinski definition) is 1. The predicted octanol–water partition coefficient (Wildman–Crippen LogP) is 1.02. The fourth-order valence-electron chi connectivity index (χ4n) is 2.05. The number of nitrogens with zero attached hydrogens (tertiary/aromatic N) is 4. The van der Waals surface area contributed by atoms with Crippen molar-refractivity contribution in [2.24, 2.45) is 4.99 Å². The van der Waals surface area contributed by atoms with Crippen molar-refractivity contribution in [3.05, 3.63) is 23.8 Å². The van der Waals surface area contributed by atoms with Crippen molar-refractivity contribution in [3.63, 3.8) is 0 Å². The number of carbonyl (C=O) groups is 1. The molecule has 2 amide bonds. The Hall–Kier alpha value is -1.85. The van der Waals surface area contributed by atoms with Gasteiger partial charge in [0.1, 0.15) is 0 Å². The molecule has 1 N–H and O–H groups in total. The zero-order valence-electron chi connectivity index (χ0n) is 9.78. The molecule has 1 aliphatic carbocycles. The Balaban J connectivity index is 2.09. The van der Waals surface area contributed by atoms with E-state index in [2.05, 4.69) is 10.1 Å². The van der Waals surface area contributed by atoms with Crippen LogP contribution in [0.2, 0.25) is 0 Å². The molecule has 6 nitrogen and oxygen atoms in total. The third kappa shape index (κ3) is 2.83. The second kappa shape index (κ2) is 4.99. The summed E-state index contributed by atoms with van der Waals surface area (Å²) in [5.74, 6) is 0. The third-order valence-electron chi connectivity index (χ3n) is 3.09. The highest BCUT2D eigenvalue weighted by Crippen LogP contribution is 2.22. The number of urea groups is 1. The van der Waals surface area contributed by atoms with Crippen molar-refractivity contribution in [1.29, 1.82) is 0 Å². The number of carbonyl (C=O) groups excluding carboxylic acids is 1. The number of rotatable bonds is 1. The normalized spacial score (nSPS) is 17.4. The third-order valence-corrected chi connectivity index (χ3v) is 3.09. The van der Waals surface area contributed by atoms with Crippen LogP contribution in [0.5, 0.6) is 0 Å². The molecule has 2 rings (SSSR count). The molecule has 1 heterocycles. The molecular weight excluding hydrogens is 220 g/mol. The lowest BCUT2D eigenvalue weighted by molar-refractivity contribution is 0.143. The lowest BCUT2D eigenvalue weighted by Gasteiger charge is -2.21. The van der Waals surface area contributed by atoms with E-state index in [4.69, 9.17) is 5.21 Å². The fraction of sp³-hybridized carbons (Fsp3) is 0.545. The molecule has 0 radical (unpaired) electrons. The Morgan fingerprint density at radius 1 is 1.59 bits per heavy atom. The van der Waals surface area contributed by atoms with Gasteiger partial charge in [-0.05, 0) is 18.9 Å². The molecule has 0 atom stereocenters. The van der Waals surface area contributed by atoms with Crippen molar-refractivity contribution in [1.82, 2.24) is 14.8 Å². The fourth-order valence-corrected chi connectivity index (χ4v) is 2.05. The van der Waals surface area contributed by atoms with E-state index in [1.807, 2.05) is 0 Å². The van der Waals surface area contributed by atoms with E-state index in [1.165, 1.54) is 31.3 Å². The summed E-state index contributed by atoms with van der Waals surface area (Å²) < 4.78 is 0. The number of aromatic nitrogens is 2. The molecule has 0 saturated heterocycles. The van der Waals surface area contributed by atoms with E-state index >= 15 is 0 Å². The lowest BCUT2D eigenvalue weighted by Crippen LogP contribution is -2.34. The van der Waals surface area contributed by atoms with Crippen LogP contribution in [0.3, 0.4) is 0 Å². The predicted molar refractivity (Wildman–Crippen MR) is 60.4 cm³/mol. The van der Waals surface area contributed by atoms with Gasteiger partial charge >= 0.3 is 6.03 Å². The molecule has 1 aromatic heterocycles. The Labute approximate surface area is 99.2 Å². The highest BCUT2D eigenvalue weighted by atomic mass is 16.5. The van der Waals surface area contributed by atoms with Gasteiger partial charge in [-0.15, -0.1) is 9.94 Å². The van der Waals surface area contributed by atoms with E-state index in [-0.39, 0.29) is 6.03 Å². The molecule has 17 heavy (non-hydrogen) atoms. The molecule has 6 heteroatoms. The van der Waals surface area contributed by atoms with Gasteiger partial charge in [0.05, 0.1) is 17.8 Å². The van der Waals surface area contributed by atoms with Gasteiger partial charge in [-0.3, -0.25) is 0 Å². The second-order valence-corrected chi connectivity index (χ2v) is 4.25. The zero-order valence-corrected chi connectivity index (χ0v) is 9.78. The number of amides is 2. The SMILES string of the molecule is CN(C(=O)/N=c1/ccn(O)nc1)C1CCCC1. The van der Waals surface area contributed by atoms with Gasteiger partial charge in [0, 0.05) is 13.1 Å². The van der Waals surface area contributed by atoms with Crippen LogP contribution in [-0.2, 0) is 0 Å².